The van der Waals surface area contributed by atoms with E-state index in [0.29, 0.717) is 0 Å². The fourth-order valence-corrected chi connectivity index (χ4v) is 2.25. The lowest BCUT2D eigenvalue weighted by atomic mass is 9.78. The topological polar surface area (TPSA) is 49.3 Å². The van der Waals surface area contributed by atoms with Gasteiger partial charge in [-0.25, -0.2) is 0 Å². The summed E-state index contributed by atoms with van der Waals surface area (Å²) in [5.41, 5.74) is 0.522. The maximum atomic E-state index is 11.2. The van der Waals surface area contributed by atoms with Gasteiger partial charge in [-0.15, -0.1) is 0 Å². The zero-order valence-electron chi connectivity index (χ0n) is 9.62. The van der Waals surface area contributed by atoms with E-state index in [4.69, 9.17) is 5.11 Å². The van der Waals surface area contributed by atoms with Crippen LogP contribution in [0.4, 0.5) is 0 Å². The van der Waals surface area contributed by atoms with Gasteiger partial charge in [0.2, 0.25) is 0 Å². The molecule has 88 valence electrons. The normalized spacial score (nSPS) is 13.5. The molecule has 0 saturated heterocycles. The first kappa shape index (κ1) is 13.2. The molecule has 0 radical (unpaired) electrons. The minimum atomic E-state index is -0.840. The molecule has 1 atom stereocenters. The molecule has 4 heteroatoms. The van der Waals surface area contributed by atoms with Crippen molar-refractivity contribution in [1.29, 1.82) is 0 Å². The van der Waals surface area contributed by atoms with Gasteiger partial charge in [-0.2, -0.15) is 0 Å². The summed E-state index contributed by atoms with van der Waals surface area (Å²) >= 11 is 3.39. The Balaban J connectivity index is 3.13. The molecule has 3 nitrogen and oxygen atoms in total. The summed E-state index contributed by atoms with van der Waals surface area (Å²) in [4.78, 5) is 11.2. The summed E-state index contributed by atoms with van der Waals surface area (Å²) in [6.45, 7) is 3.84. The Kier molecular flexibility index (Phi) is 4.10. The van der Waals surface area contributed by atoms with E-state index in [1.807, 2.05) is 38.1 Å². The summed E-state index contributed by atoms with van der Waals surface area (Å²) in [6.07, 6.45) is 0. The Morgan fingerprint density at radius 3 is 2.56 bits per heavy atom. The second-order valence-corrected chi connectivity index (χ2v) is 5.21. The van der Waals surface area contributed by atoms with Crippen LogP contribution in [0.2, 0.25) is 0 Å². The van der Waals surface area contributed by atoms with Crippen LogP contribution < -0.4 is 5.32 Å². The number of rotatable bonds is 4. The molecule has 1 aromatic carbocycles. The first-order valence-corrected chi connectivity index (χ1v) is 5.85. The molecule has 0 fully saturated rings. The minimum Gasteiger partial charge on any atom is -0.480 e. The Morgan fingerprint density at radius 1 is 1.50 bits per heavy atom. The third kappa shape index (κ3) is 2.62. The quantitative estimate of drug-likeness (QED) is 0.893. The Hall–Kier alpha value is -0.870. The van der Waals surface area contributed by atoms with Crippen LogP contribution in [0.25, 0.3) is 0 Å². The smallest absolute Gasteiger partial charge is 0.321 e. The van der Waals surface area contributed by atoms with E-state index < -0.39 is 17.4 Å². The predicted molar refractivity (Wildman–Crippen MR) is 67.7 cm³/mol. The number of nitrogens with one attached hydrogen (secondary N) is 1. The van der Waals surface area contributed by atoms with Crippen molar-refractivity contribution >= 4 is 21.9 Å². The van der Waals surface area contributed by atoms with Gasteiger partial charge in [0.25, 0.3) is 0 Å². The zero-order chi connectivity index (χ0) is 12.3. The van der Waals surface area contributed by atoms with Crippen LogP contribution in [-0.2, 0) is 10.2 Å². The van der Waals surface area contributed by atoms with Crippen molar-refractivity contribution in [3.63, 3.8) is 0 Å². The van der Waals surface area contributed by atoms with E-state index >= 15 is 0 Å². The van der Waals surface area contributed by atoms with E-state index in [2.05, 4.69) is 21.2 Å². The standard InChI is InChI=1S/C12H16BrNO2/c1-12(2,10(14-3)11(15)16)8-5-4-6-9(13)7-8/h4-7,10,14H,1-3H3,(H,15,16). The minimum absolute atomic E-state index is 0.468. The average Bonchev–Trinajstić information content (AvgIpc) is 2.17. The molecule has 1 unspecified atom stereocenters. The van der Waals surface area contributed by atoms with Gasteiger partial charge in [0, 0.05) is 9.89 Å². The number of aliphatic carboxylic acids is 1. The molecule has 0 aliphatic carbocycles. The molecule has 0 aliphatic rings. The highest BCUT2D eigenvalue weighted by Gasteiger charge is 2.35. The molecule has 0 aliphatic heterocycles. The zero-order valence-corrected chi connectivity index (χ0v) is 11.2. The number of hydrogen-bond donors (Lipinski definition) is 2. The van der Waals surface area contributed by atoms with Crippen LogP contribution in [0.15, 0.2) is 28.7 Å². The van der Waals surface area contributed by atoms with Crippen LogP contribution in [0, 0.1) is 0 Å². The number of carbonyl (C=O) groups is 1. The molecular weight excluding hydrogens is 270 g/mol. The Bertz CT molecular complexity index is 390. The molecule has 0 saturated carbocycles. The number of carboxylic acids is 1. The average molecular weight is 286 g/mol. The highest BCUT2D eigenvalue weighted by Crippen LogP contribution is 2.29. The fourth-order valence-electron chi connectivity index (χ4n) is 1.85. The van der Waals surface area contributed by atoms with Crippen LogP contribution in [0.5, 0.6) is 0 Å². The summed E-state index contributed by atoms with van der Waals surface area (Å²) in [5.74, 6) is -0.840. The van der Waals surface area contributed by atoms with E-state index in [1.165, 1.54) is 0 Å². The second-order valence-electron chi connectivity index (χ2n) is 4.29. The second kappa shape index (κ2) is 4.97. The van der Waals surface area contributed by atoms with Gasteiger partial charge in [-0.05, 0) is 24.7 Å². The van der Waals surface area contributed by atoms with Crippen LogP contribution in [0.1, 0.15) is 19.4 Å². The van der Waals surface area contributed by atoms with Crippen molar-refractivity contribution in [3.05, 3.63) is 34.3 Å². The summed E-state index contributed by atoms with van der Waals surface area (Å²) in [7, 11) is 1.67. The van der Waals surface area contributed by atoms with E-state index in [1.54, 1.807) is 7.05 Å². The van der Waals surface area contributed by atoms with E-state index in [9.17, 15) is 4.79 Å². The van der Waals surface area contributed by atoms with Crippen molar-refractivity contribution in [3.8, 4) is 0 Å². The molecule has 0 amide bonds. The van der Waals surface area contributed by atoms with Gasteiger partial charge >= 0.3 is 5.97 Å². The lowest BCUT2D eigenvalue weighted by Crippen LogP contribution is -2.48. The number of carboxylic acid groups (broad SMARTS) is 1. The van der Waals surface area contributed by atoms with Crippen molar-refractivity contribution in [2.75, 3.05) is 7.05 Å². The maximum absolute atomic E-state index is 11.2. The van der Waals surface area contributed by atoms with Gasteiger partial charge in [0.15, 0.2) is 0 Å². The monoisotopic (exact) mass is 285 g/mol. The first-order chi connectivity index (χ1) is 7.39. The molecule has 0 spiro atoms. The summed E-state index contributed by atoms with van der Waals surface area (Å²) in [5, 5.41) is 12.0. The SMILES string of the molecule is CNC(C(=O)O)C(C)(C)c1cccc(Br)c1. The molecule has 2 N–H and O–H groups in total. The number of halogens is 1. The molecule has 0 aromatic heterocycles. The Labute approximate surface area is 104 Å². The third-order valence-electron chi connectivity index (χ3n) is 2.83. The largest absolute Gasteiger partial charge is 0.480 e. The Morgan fingerprint density at radius 2 is 2.12 bits per heavy atom. The molecule has 16 heavy (non-hydrogen) atoms. The molecule has 0 bridgehead atoms. The van der Waals surface area contributed by atoms with Crippen LogP contribution >= 0.6 is 15.9 Å². The number of benzene rings is 1. The van der Waals surface area contributed by atoms with Gasteiger partial charge in [-0.1, -0.05) is 41.9 Å². The van der Waals surface area contributed by atoms with Crippen molar-refractivity contribution in [2.45, 2.75) is 25.3 Å². The van der Waals surface area contributed by atoms with E-state index in [0.717, 1.165) is 10.0 Å². The van der Waals surface area contributed by atoms with Crippen molar-refractivity contribution < 1.29 is 9.90 Å². The molecule has 1 aromatic rings. The van der Waals surface area contributed by atoms with Gasteiger partial charge < -0.3 is 10.4 Å². The first-order valence-electron chi connectivity index (χ1n) is 5.05. The number of likely N-dealkylation sites (N-methyl/N-ethyl adjacent to an activating group) is 1. The molecular formula is C12H16BrNO2. The van der Waals surface area contributed by atoms with E-state index in [-0.39, 0.29) is 0 Å². The van der Waals surface area contributed by atoms with Crippen molar-refractivity contribution in [2.24, 2.45) is 0 Å². The molecule has 0 heterocycles. The lowest BCUT2D eigenvalue weighted by molar-refractivity contribution is -0.141. The third-order valence-corrected chi connectivity index (χ3v) is 3.32. The summed E-state index contributed by atoms with van der Waals surface area (Å²) < 4.78 is 0.957. The highest BCUT2D eigenvalue weighted by atomic mass is 79.9. The van der Waals surface area contributed by atoms with Crippen LogP contribution in [0.3, 0.4) is 0 Å². The van der Waals surface area contributed by atoms with Gasteiger partial charge in [0.05, 0.1) is 0 Å². The van der Waals surface area contributed by atoms with Gasteiger partial charge in [0.1, 0.15) is 6.04 Å². The fraction of sp³-hybridized carbons (Fsp3) is 0.417. The van der Waals surface area contributed by atoms with Gasteiger partial charge in [-0.3, -0.25) is 4.79 Å². The lowest BCUT2D eigenvalue weighted by Gasteiger charge is -2.31. The number of hydrogen-bond acceptors (Lipinski definition) is 2. The highest BCUT2D eigenvalue weighted by molar-refractivity contribution is 9.10. The maximum Gasteiger partial charge on any atom is 0.321 e. The summed E-state index contributed by atoms with van der Waals surface area (Å²) in [6, 6.07) is 7.12. The predicted octanol–water partition coefficient (Wildman–Crippen LogP) is 2.40. The molecule has 1 rings (SSSR count). The van der Waals surface area contributed by atoms with Crippen LogP contribution in [-0.4, -0.2) is 24.2 Å². The van der Waals surface area contributed by atoms with Crippen molar-refractivity contribution in [1.82, 2.24) is 5.32 Å².